The lowest BCUT2D eigenvalue weighted by atomic mass is 10.1. The first-order chi connectivity index (χ1) is 14.7. The highest BCUT2D eigenvalue weighted by atomic mass is 32.1. The first-order valence-corrected chi connectivity index (χ1v) is 9.74. The number of hydrogen-bond donors (Lipinski definition) is 4. The monoisotopic (exact) mass is 445 g/mol. The van der Waals surface area contributed by atoms with Crippen molar-refractivity contribution in [2.45, 2.75) is 26.9 Å². The highest BCUT2D eigenvalue weighted by Gasteiger charge is 2.13. The fourth-order valence-electron chi connectivity index (χ4n) is 2.47. The van der Waals surface area contributed by atoms with Crippen molar-refractivity contribution in [3.05, 3.63) is 59.2 Å². The van der Waals surface area contributed by atoms with E-state index in [1.165, 1.54) is 24.3 Å². The molecule has 3 N–H and O–H groups in total. The van der Waals surface area contributed by atoms with Crippen molar-refractivity contribution in [1.82, 2.24) is 10.0 Å². The van der Waals surface area contributed by atoms with Gasteiger partial charge >= 0.3 is 12.0 Å². The van der Waals surface area contributed by atoms with Gasteiger partial charge in [0.2, 0.25) is 0 Å². The maximum Gasteiger partial charge on any atom is 0.344 e. The Morgan fingerprint density at radius 1 is 0.968 bits per heavy atom. The molecule has 0 atom stereocenters. The number of imide groups is 1. The molecule has 31 heavy (non-hydrogen) atoms. The third-order valence-electron chi connectivity index (χ3n) is 3.91. The van der Waals surface area contributed by atoms with Gasteiger partial charge in [0.05, 0.1) is 6.10 Å². The maximum absolute atomic E-state index is 12.2. The number of urea groups is 1. The van der Waals surface area contributed by atoms with Crippen molar-refractivity contribution in [3.63, 3.8) is 0 Å². The van der Waals surface area contributed by atoms with Crippen LogP contribution in [-0.4, -0.2) is 36.5 Å². The number of rotatable bonds is 7. The Balaban J connectivity index is 1.92. The molecule has 2 aromatic rings. The minimum atomic E-state index is -0.723. The summed E-state index contributed by atoms with van der Waals surface area (Å²) >= 11 is 3.67. The molecule has 164 valence electrons. The molecule has 0 saturated heterocycles. The van der Waals surface area contributed by atoms with Crippen LogP contribution in [0, 0.1) is 6.92 Å². The second kappa shape index (κ2) is 11.0. The molecule has 0 aliphatic rings. The molecular formula is C21H23N3O6S. The summed E-state index contributed by atoms with van der Waals surface area (Å²) in [5.74, 6) is -1.08. The molecule has 0 radical (unpaired) electrons. The van der Waals surface area contributed by atoms with Crippen LogP contribution < -0.4 is 20.1 Å². The Bertz CT molecular complexity index is 976. The number of nitrogens with one attached hydrogen (secondary N) is 3. The van der Waals surface area contributed by atoms with Crippen LogP contribution in [-0.2, 0) is 9.53 Å². The number of benzene rings is 2. The first-order valence-electron chi connectivity index (χ1n) is 9.29. The molecule has 0 saturated carbocycles. The number of aryl methyl sites for hydroxylation is 1. The van der Waals surface area contributed by atoms with Crippen molar-refractivity contribution in [3.8, 4) is 5.75 Å². The Labute approximate surface area is 185 Å². The SMILES string of the molecule is Cc1cc(OCC(=O)OC(C)C)ccc1NC(=O)NC(=O)c1ccc(C(=O)NS)cc1. The van der Waals surface area contributed by atoms with E-state index in [0.717, 1.165) is 0 Å². The largest absolute Gasteiger partial charge is 0.482 e. The van der Waals surface area contributed by atoms with E-state index in [2.05, 4.69) is 28.2 Å². The average molecular weight is 445 g/mol. The first kappa shape index (κ1) is 23.7. The van der Waals surface area contributed by atoms with E-state index in [1.54, 1.807) is 39.0 Å². The lowest BCUT2D eigenvalue weighted by Crippen LogP contribution is -2.34. The number of carbonyl (C=O) groups is 4. The van der Waals surface area contributed by atoms with Gasteiger partial charge in [-0.2, -0.15) is 0 Å². The summed E-state index contributed by atoms with van der Waals surface area (Å²) in [7, 11) is 0. The van der Waals surface area contributed by atoms with Gasteiger partial charge in [0.15, 0.2) is 6.61 Å². The van der Waals surface area contributed by atoms with Crippen molar-refractivity contribution in [2.24, 2.45) is 0 Å². The van der Waals surface area contributed by atoms with Gasteiger partial charge in [0.1, 0.15) is 5.75 Å². The average Bonchev–Trinajstić information content (AvgIpc) is 2.73. The van der Waals surface area contributed by atoms with Crippen LogP contribution in [0.4, 0.5) is 10.5 Å². The van der Waals surface area contributed by atoms with E-state index < -0.39 is 23.8 Å². The molecule has 9 nitrogen and oxygen atoms in total. The summed E-state index contributed by atoms with van der Waals surface area (Å²) in [6, 6.07) is 9.82. The molecule has 0 aliphatic carbocycles. The maximum atomic E-state index is 12.2. The van der Waals surface area contributed by atoms with Gasteiger partial charge in [-0.3, -0.25) is 19.6 Å². The van der Waals surface area contributed by atoms with Gasteiger partial charge in [0, 0.05) is 16.8 Å². The van der Waals surface area contributed by atoms with Gasteiger partial charge in [0.25, 0.3) is 11.8 Å². The van der Waals surface area contributed by atoms with Crippen molar-refractivity contribution in [2.75, 3.05) is 11.9 Å². The minimum absolute atomic E-state index is 0.208. The Kier molecular flexibility index (Phi) is 8.44. The molecular weight excluding hydrogens is 422 g/mol. The lowest BCUT2D eigenvalue weighted by molar-refractivity contribution is -0.149. The van der Waals surface area contributed by atoms with E-state index in [0.29, 0.717) is 22.6 Å². The molecule has 0 bridgehead atoms. The summed E-state index contributed by atoms with van der Waals surface area (Å²) < 4.78 is 12.5. The number of carbonyl (C=O) groups excluding carboxylic acids is 4. The lowest BCUT2D eigenvalue weighted by Gasteiger charge is -2.12. The van der Waals surface area contributed by atoms with E-state index in [4.69, 9.17) is 9.47 Å². The van der Waals surface area contributed by atoms with Crippen molar-refractivity contribution < 1.29 is 28.7 Å². The molecule has 2 aromatic carbocycles. The van der Waals surface area contributed by atoms with E-state index >= 15 is 0 Å². The standard InChI is InChI=1S/C21H23N3O6S/c1-12(2)30-18(25)11-29-16-8-9-17(13(3)10-16)22-21(28)23-19(26)14-4-6-15(7-5-14)20(27)24-31/h4-10,12,31H,11H2,1-3H3,(H,24,27)(H2,22,23,26,28). The Morgan fingerprint density at radius 3 is 2.13 bits per heavy atom. The van der Waals surface area contributed by atoms with Crippen LogP contribution in [0.3, 0.4) is 0 Å². The summed E-state index contributed by atoms with van der Waals surface area (Å²) in [5.41, 5.74) is 1.66. The van der Waals surface area contributed by atoms with Gasteiger partial charge in [-0.05, 0) is 68.8 Å². The molecule has 0 fully saturated rings. The number of hydrogen-bond acceptors (Lipinski definition) is 7. The number of thiol groups is 1. The fraction of sp³-hybridized carbons (Fsp3) is 0.238. The van der Waals surface area contributed by atoms with Crippen LogP contribution >= 0.6 is 12.8 Å². The molecule has 0 spiro atoms. The van der Waals surface area contributed by atoms with E-state index in [9.17, 15) is 19.2 Å². The highest BCUT2D eigenvalue weighted by molar-refractivity contribution is 7.78. The van der Waals surface area contributed by atoms with Crippen LogP contribution in [0.2, 0.25) is 0 Å². The van der Waals surface area contributed by atoms with Gasteiger partial charge in [-0.15, -0.1) is 0 Å². The quantitative estimate of drug-likeness (QED) is 0.384. The molecule has 2 rings (SSSR count). The van der Waals surface area contributed by atoms with Gasteiger partial charge in [-0.25, -0.2) is 9.59 Å². The van der Waals surface area contributed by atoms with Crippen LogP contribution in [0.1, 0.15) is 40.1 Å². The second-order valence-corrected chi connectivity index (χ2v) is 6.95. The zero-order valence-electron chi connectivity index (χ0n) is 17.2. The topological polar surface area (TPSA) is 123 Å². The van der Waals surface area contributed by atoms with Gasteiger partial charge in [-0.1, -0.05) is 12.8 Å². The number of esters is 1. The fourth-order valence-corrected chi connectivity index (χ4v) is 2.60. The third kappa shape index (κ3) is 7.34. The molecule has 0 aliphatic heterocycles. The van der Waals surface area contributed by atoms with Crippen LogP contribution in [0.15, 0.2) is 42.5 Å². The van der Waals surface area contributed by atoms with Crippen molar-refractivity contribution >= 4 is 42.3 Å². The molecule has 4 amide bonds. The smallest absolute Gasteiger partial charge is 0.344 e. The predicted octanol–water partition coefficient (Wildman–Crippen LogP) is 2.86. The Hall–Kier alpha value is -3.53. The molecule has 0 aromatic heterocycles. The zero-order chi connectivity index (χ0) is 23.0. The zero-order valence-corrected chi connectivity index (χ0v) is 18.1. The Morgan fingerprint density at radius 2 is 1.58 bits per heavy atom. The molecule has 0 heterocycles. The number of anilines is 1. The van der Waals surface area contributed by atoms with Crippen molar-refractivity contribution in [1.29, 1.82) is 0 Å². The van der Waals surface area contributed by atoms with Crippen LogP contribution in [0.25, 0.3) is 0 Å². The highest BCUT2D eigenvalue weighted by Crippen LogP contribution is 2.21. The molecule has 0 unspecified atom stereocenters. The van der Waals surface area contributed by atoms with Gasteiger partial charge < -0.3 is 14.8 Å². The predicted molar refractivity (Wildman–Crippen MR) is 117 cm³/mol. The number of amides is 4. The number of ether oxygens (including phenoxy) is 2. The van der Waals surface area contributed by atoms with E-state index in [-0.39, 0.29) is 18.3 Å². The summed E-state index contributed by atoms with van der Waals surface area (Å²) in [6.07, 6.45) is -0.226. The minimum Gasteiger partial charge on any atom is -0.482 e. The third-order valence-corrected chi connectivity index (χ3v) is 4.11. The van der Waals surface area contributed by atoms with Crippen LogP contribution in [0.5, 0.6) is 5.75 Å². The summed E-state index contributed by atoms with van der Waals surface area (Å²) in [5, 5.41) is 4.79. The normalized spacial score (nSPS) is 10.2. The second-order valence-electron chi connectivity index (χ2n) is 6.73. The van der Waals surface area contributed by atoms with E-state index in [1.807, 2.05) is 0 Å². The summed E-state index contributed by atoms with van der Waals surface area (Å²) in [4.78, 5) is 47.4. The molecule has 10 heteroatoms. The summed E-state index contributed by atoms with van der Waals surface area (Å²) in [6.45, 7) is 5.00.